The van der Waals surface area contributed by atoms with Gasteiger partial charge in [-0.15, -0.1) is 6.58 Å². The smallest absolute Gasteiger partial charge is 0.289 e. The molecule has 0 aromatic heterocycles. The summed E-state index contributed by atoms with van der Waals surface area (Å²) in [4.78, 5) is 24.3. The number of rotatable bonds is 8. The number of piperazine rings is 1. The first-order valence-corrected chi connectivity index (χ1v) is 12.7. The zero-order valence-corrected chi connectivity index (χ0v) is 19.1. The Morgan fingerprint density at radius 1 is 1.06 bits per heavy atom. The van der Waals surface area contributed by atoms with E-state index in [1.54, 1.807) is 0 Å². The van der Waals surface area contributed by atoms with Crippen LogP contribution in [0.1, 0.15) is 10.4 Å². The van der Waals surface area contributed by atoms with E-state index < -0.39 is 41.5 Å². The van der Waals surface area contributed by atoms with Crippen LogP contribution >= 0.6 is 0 Å². The number of carbonyl (C=O) groups is 1. The molecule has 1 aliphatic heterocycles. The third-order valence-electron chi connectivity index (χ3n) is 5.01. The summed E-state index contributed by atoms with van der Waals surface area (Å²) in [6.45, 7) is 3.47. The summed E-state index contributed by atoms with van der Waals surface area (Å²) >= 11 is 0. The predicted octanol–water partition coefficient (Wildman–Crippen LogP) is 1.21. The number of sulfonamides is 2. The van der Waals surface area contributed by atoms with Gasteiger partial charge < -0.3 is 4.90 Å². The van der Waals surface area contributed by atoms with E-state index in [0.717, 1.165) is 10.4 Å². The topological polar surface area (TPSA) is 147 Å². The number of amides is 1. The molecule has 0 unspecified atom stereocenters. The summed E-state index contributed by atoms with van der Waals surface area (Å²) in [6, 6.07) is 10.6. The van der Waals surface area contributed by atoms with Gasteiger partial charge >= 0.3 is 0 Å². The van der Waals surface area contributed by atoms with Gasteiger partial charge in [-0.25, -0.2) is 21.6 Å². The molecule has 33 heavy (non-hydrogen) atoms. The van der Waals surface area contributed by atoms with Gasteiger partial charge in [-0.3, -0.25) is 14.9 Å². The first-order chi connectivity index (χ1) is 15.6. The summed E-state index contributed by atoms with van der Waals surface area (Å²) in [6.07, 6.45) is 1.39. The number of nitrogens with one attached hydrogen (secondary N) is 1. The fraction of sp³-hybridized carbons (Fsp3) is 0.250. The largest absolute Gasteiger partial charge is 0.336 e. The van der Waals surface area contributed by atoms with Crippen molar-refractivity contribution in [2.45, 2.75) is 9.79 Å². The number of hydrogen-bond acceptors (Lipinski definition) is 7. The molecule has 0 saturated carbocycles. The van der Waals surface area contributed by atoms with Crippen molar-refractivity contribution in [3.05, 3.63) is 76.9 Å². The Morgan fingerprint density at radius 2 is 1.73 bits per heavy atom. The minimum atomic E-state index is -4.13. The van der Waals surface area contributed by atoms with E-state index >= 15 is 0 Å². The number of nitro groups is 1. The van der Waals surface area contributed by atoms with E-state index in [-0.39, 0.29) is 43.2 Å². The van der Waals surface area contributed by atoms with E-state index in [4.69, 9.17) is 0 Å². The highest BCUT2D eigenvalue weighted by Gasteiger charge is 2.34. The molecule has 0 aliphatic carbocycles. The Morgan fingerprint density at radius 3 is 2.36 bits per heavy atom. The normalized spacial score (nSPS) is 15.2. The van der Waals surface area contributed by atoms with Crippen molar-refractivity contribution in [3.63, 3.8) is 0 Å². The second-order valence-corrected chi connectivity index (χ2v) is 10.8. The van der Waals surface area contributed by atoms with E-state index in [1.165, 1.54) is 53.4 Å². The van der Waals surface area contributed by atoms with E-state index in [2.05, 4.69) is 11.3 Å². The van der Waals surface area contributed by atoms with Gasteiger partial charge in [0.2, 0.25) is 20.0 Å². The van der Waals surface area contributed by atoms with Gasteiger partial charge in [-0.1, -0.05) is 24.3 Å². The lowest BCUT2D eigenvalue weighted by Crippen LogP contribution is -2.50. The molecule has 176 valence electrons. The van der Waals surface area contributed by atoms with E-state index in [1.807, 2.05) is 0 Å². The molecule has 0 bridgehead atoms. The SMILES string of the molecule is C=CCNS(=O)(=O)c1cccc(C(=O)N2CCN(S(=O)(=O)c3ccccc3[N+](=O)[O-])CC2)c1. The molecule has 13 heteroatoms. The molecule has 1 amide bonds. The van der Waals surface area contributed by atoms with Crippen LogP contribution in [-0.4, -0.2) is 69.6 Å². The highest BCUT2D eigenvalue weighted by molar-refractivity contribution is 7.89. The number of hydrogen-bond donors (Lipinski definition) is 1. The van der Waals surface area contributed by atoms with Crippen molar-refractivity contribution in [3.8, 4) is 0 Å². The monoisotopic (exact) mass is 494 g/mol. The molecule has 1 fully saturated rings. The van der Waals surface area contributed by atoms with Gasteiger partial charge in [0.25, 0.3) is 11.6 Å². The molecule has 3 rings (SSSR count). The standard InChI is InChI=1S/C20H22N4O7S2/c1-2-10-21-32(28,29)17-7-5-6-16(15-17)20(25)22-11-13-23(14-12-22)33(30,31)19-9-4-3-8-18(19)24(26)27/h2-9,15,21H,1,10-14H2. The third-order valence-corrected chi connectivity index (χ3v) is 8.38. The zero-order valence-electron chi connectivity index (χ0n) is 17.5. The summed E-state index contributed by atoms with van der Waals surface area (Å²) in [5.41, 5.74) is -0.370. The molecular formula is C20H22N4O7S2. The molecule has 1 saturated heterocycles. The third kappa shape index (κ3) is 5.27. The maximum Gasteiger partial charge on any atom is 0.289 e. The van der Waals surface area contributed by atoms with Crippen molar-refractivity contribution in [2.24, 2.45) is 0 Å². The van der Waals surface area contributed by atoms with Crippen LogP contribution < -0.4 is 4.72 Å². The number of nitrogens with zero attached hydrogens (tertiary/aromatic N) is 3. The summed E-state index contributed by atoms with van der Waals surface area (Å²) in [5.74, 6) is -0.446. The predicted molar refractivity (Wildman–Crippen MR) is 120 cm³/mol. The van der Waals surface area contributed by atoms with Crippen LogP contribution in [0.2, 0.25) is 0 Å². The molecule has 2 aromatic rings. The van der Waals surface area contributed by atoms with Crippen LogP contribution in [0.5, 0.6) is 0 Å². The molecule has 0 spiro atoms. The Labute approximate surface area is 191 Å². The first-order valence-electron chi connectivity index (χ1n) is 9.81. The molecule has 1 aliphatic rings. The lowest BCUT2D eigenvalue weighted by atomic mass is 10.2. The van der Waals surface area contributed by atoms with Crippen LogP contribution in [0.25, 0.3) is 0 Å². The lowest BCUT2D eigenvalue weighted by molar-refractivity contribution is -0.387. The average molecular weight is 495 g/mol. The maximum atomic E-state index is 12.9. The van der Waals surface area contributed by atoms with Crippen molar-refractivity contribution in [2.75, 3.05) is 32.7 Å². The van der Waals surface area contributed by atoms with E-state index in [0.29, 0.717) is 0 Å². The zero-order chi connectivity index (χ0) is 24.2. The molecular weight excluding hydrogens is 472 g/mol. The molecule has 1 heterocycles. The molecule has 2 aromatic carbocycles. The van der Waals surface area contributed by atoms with Gasteiger partial charge in [0.15, 0.2) is 4.90 Å². The minimum Gasteiger partial charge on any atom is -0.336 e. The highest BCUT2D eigenvalue weighted by atomic mass is 32.2. The van der Waals surface area contributed by atoms with Crippen LogP contribution in [0.15, 0.2) is 71.0 Å². The van der Waals surface area contributed by atoms with Crippen molar-refractivity contribution < 1.29 is 26.6 Å². The van der Waals surface area contributed by atoms with Crippen molar-refractivity contribution in [1.29, 1.82) is 0 Å². The number of benzene rings is 2. The fourth-order valence-electron chi connectivity index (χ4n) is 3.33. The van der Waals surface area contributed by atoms with E-state index in [9.17, 15) is 31.7 Å². The molecule has 11 nitrogen and oxygen atoms in total. The minimum absolute atomic E-state index is 0.0382. The first kappa shape index (κ1) is 24.5. The molecule has 1 N–H and O–H groups in total. The van der Waals surface area contributed by atoms with Gasteiger partial charge in [-0.05, 0) is 24.3 Å². The van der Waals surface area contributed by atoms with Gasteiger partial charge in [0, 0.05) is 44.4 Å². The number of carbonyl (C=O) groups excluding carboxylic acids is 1. The van der Waals surface area contributed by atoms with Crippen LogP contribution in [0, 0.1) is 10.1 Å². The Hall–Kier alpha value is -3.13. The fourth-order valence-corrected chi connectivity index (χ4v) is 5.95. The van der Waals surface area contributed by atoms with Gasteiger partial charge in [-0.2, -0.15) is 4.31 Å². The Bertz CT molecular complexity index is 1280. The summed E-state index contributed by atoms with van der Waals surface area (Å²) in [7, 11) is -7.94. The summed E-state index contributed by atoms with van der Waals surface area (Å²) in [5, 5.41) is 11.2. The lowest BCUT2D eigenvalue weighted by Gasteiger charge is -2.34. The van der Waals surface area contributed by atoms with Crippen LogP contribution in [0.4, 0.5) is 5.69 Å². The number of nitro benzene ring substituents is 1. The van der Waals surface area contributed by atoms with Crippen molar-refractivity contribution >= 4 is 31.6 Å². The molecule has 0 radical (unpaired) electrons. The quantitative estimate of drug-likeness (QED) is 0.329. The van der Waals surface area contributed by atoms with Crippen LogP contribution in [-0.2, 0) is 20.0 Å². The van der Waals surface area contributed by atoms with Crippen LogP contribution in [0.3, 0.4) is 0 Å². The highest BCUT2D eigenvalue weighted by Crippen LogP contribution is 2.27. The second-order valence-electron chi connectivity index (χ2n) is 7.09. The van der Waals surface area contributed by atoms with Crippen molar-refractivity contribution in [1.82, 2.24) is 13.9 Å². The second kappa shape index (κ2) is 9.79. The summed E-state index contributed by atoms with van der Waals surface area (Å²) < 4.78 is 53.9. The maximum absolute atomic E-state index is 12.9. The molecule has 0 atom stereocenters. The van der Waals surface area contributed by atoms with Gasteiger partial charge in [0.1, 0.15) is 0 Å². The Balaban J connectivity index is 1.74. The number of para-hydroxylation sites is 1. The van der Waals surface area contributed by atoms with Gasteiger partial charge in [0.05, 0.1) is 9.82 Å². The Kier molecular flexibility index (Phi) is 7.27. The average Bonchev–Trinajstić information content (AvgIpc) is 2.82.